The van der Waals surface area contributed by atoms with Crippen LogP contribution in [0.2, 0.25) is 0 Å². The summed E-state index contributed by atoms with van der Waals surface area (Å²) in [5, 5.41) is 14.4. The number of nitrogens with one attached hydrogen (secondary N) is 1. The topological polar surface area (TPSA) is 96.9 Å². The average molecular weight is 263 g/mol. The van der Waals surface area contributed by atoms with Crippen LogP contribution in [0.5, 0.6) is 0 Å². The Morgan fingerprint density at radius 1 is 1.58 bits per heavy atom. The number of anilines is 1. The lowest BCUT2D eigenvalue weighted by atomic mass is 10.0. The first-order chi connectivity index (χ1) is 9.11. The van der Waals surface area contributed by atoms with Gasteiger partial charge in [-0.3, -0.25) is 4.79 Å². The Labute approximate surface area is 111 Å². The van der Waals surface area contributed by atoms with Crippen LogP contribution in [0.3, 0.4) is 0 Å². The minimum atomic E-state index is -0.132. The van der Waals surface area contributed by atoms with E-state index in [4.69, 9.17) is 15.7 Å². The molecule has 0 spiro atoms. The zero-order valence-electron chi connectivity index (χ0n) is 10.7. The second kappa shape index (κ2) is 5.71. The van der Waals surface area contributed by atoms with Gasteiger partial charge in [0.25, 0.3) is 0 Å². The predicted molar refractivity (Wildman–Crippen MR) is 71.1 cm³/mol. The summed E-state index contributed by atoms with van der Waals surface area (Å²) in [6, 6.07) is 6.85. The number of amidine groups is 1. The molecule has 1 fully saturated rings. The summed E-state index contributed by atoms with van der Waals surface area (Å²) in [7, 11) is 0. The van der Waals surface area contributed by atoms with E-state index in [0.29, 0.717) is 17.9 Å². The first-order valence-electron chi connectivity index (χ1n) is 6.12. The molecule has 1 aliphatic heterocycles. The smallest absolute Gasteiger partial charge is 0.230 e. The van der Waals surface area contributed by atoms with E-state index in [1.54, 1.807) is 24.3 Å². The maximum Gasteiger partial charge on any atom is 0.230 e. The number of ether oxygens (including phenoxy) is 1. The molecule has 4 N–H and O–H groups in total. The standard InChI is InChI=1S/C13H17N3O3/c1-8-11(5-6-19-8)13(17)15-10-4-2-3-9(7-10)12(14)16-18/h2-4,7-8,11,18H,5-6H2,1H3,(H2,14,16)(H,15,17). The molecule has 1 amide bonds. The fraction of sp³-hybridized carbons (Fsp3) is 0.385. The molecule has 2 rings (SSSR count). The van der Waals surface area contributed by atoms with Gasteiger partial charge < -0.3 is 21.0 Å². The van der Waals surface area contributed by atoms with E-state index in [-0.39, 0.29) is 23.8 Å². The molecule has 19 heavy (non-hydrogen) atoms. The van der Waals surface area contributed by atoms with E-state index in [1.165, 1.54) is 0 Å². The van der Waals surface area contributed by atoms with Gasteiger partial charge in [-0.2, -0.15) is 0 Å². The van der Waals surface area contributed by atoms with Crippen LogP contribution >= 0.6 is 0 Å². The third kappa shape index (κ3) is 3.03. The number of amides is 1. The summed E-state index contributed by atoms with van der Waals surface area (Å²) in [5.41, 5.74) is 6.68. The average Bonchev–Trinajstić information content (AvgIpc) is 2.84. The number of nitrogens with two attached hydrogens (primary N) is 1. The van der Waals surface area contributed by atoms with Gasteiger partial charge >= 0.3 is 0 Å². The first-order valence-corrected chi connectivity index (χ1v) is 6.12. The fourth-order valence-electron chi connectivity index (χ4n) is 2.12. The van der Waals surface area contributed by atoms with Gasteiger partial charge in [0, 0.05) is 17.9 Å². The minimum absolute atomic E-state index is 0.00802. The van der Waals surface area contributed by atoms with E-state index in [2.05, 4.69) is 10.5 Å². The molecule has 102 valence electrons. The van der Waals surface area contributed by atoms with Crippen LogP contribution in [0.15, 0.2) is 29.4 Å². The number of benzene rings is 1. The second-order valence-corrected chi connectivity index (χ2v) is 4.53. The molecule has 1 aromatic rings. The van der Waals surface area contributed by atoms with Crippen molar-refractivity contribution in [2.45, 2.75) is 19.4 Å². The molecule has 1 aromatic carbocycles. The van der Waals surface area contributed by atoms with Gasteiger partial charge in [-0.05, 0) is 25.5 Å². The van der Waals surface area contributed by atoms with E-state index < -0.39 is 0 Å². The van der Waals surface area contributed by atoms with Gasteiger partial charge in [0.15, 0.2) is 5.84 Å². The molecule has 1 saturated heterocycles. The maximum atomic E-state index is 12.1. The molecule has 6 nitrogen and oxygen atoms in total. The maximum absolute atomic E-state index is 12.1. The van der Waals surface area contributed by atoms with E-state index >= 15 is 0 Å². The van der Waals surface area contributed by atoms with Crippen molar-refractivity contribution in [3.63, 3.8) is 0 Å². The number of oxime groups is 1. The van der Waals surface area contributed by atoms with Crippen LogP contribution in [0.25, 0.3) is 0 Å². The molecule has 2 atom stereocenters. The Hall–Kier alpha value is -2.08. The van der Waals surface area contributed by atoms with E-state index in [9.17, 15) is 4.79 Å². The van der Waals surface area contributed by atoms with Gasteiger partial charge in [-0.1, -0.05) is 17.3 Å². The highest BCUT2D eigenvalue weighted by Crippen LogP contribution is 2.22. The molecule has 0 radical (unpaired) electrons. The molecule has 0 aromatic heterocycles. The fourth-order valence-corrected chi connectivity index (χ4v) is 2.12. The number of hydrogen-bond acceptors (Lipinski definition) is 4. The van der Waals surface area contributed by atoms with Gasteiger partial charge in [0.05, 0.1) is 12.0 Å². The lowest BCUT2D eigenvalue weighted by Gasteiger charge is -2.14. The zero-order valence-corrected chi connectivity index (χ0v) is 10.7. The highest BCUT2D eigenvalue weighted by Gasteiger charge is 2.30. The summed E-state index contributed by atoms with van der Waals surface area (Å²) in [5.74, 6) is -0.192. The zero-order chi connectivity index (χ0) is 13.8. The monoisotopic (exact) mass is 263 g/mol. The first kappa shape index (κ1) is 13.4. The van der Waals surface area contributed by atoms with Crippen molar-refractivity contribution in [3.8, 4) is 0 Å². The Balaban J connectivity index is 2.09. The molecule has 0 bridgehead atoms. The second-order valence-electron chi connectivity index (χ2n) is 4.53. The van der Waals surface area contributed by atoms with Crippen molar-refractivity contribution in [1.29, 1.82) is 0 Å². The lowest BCUT2D eigenvalue weighted by molar-refractivity contribution is -0.121. The van der Waals surface area contributed by atoms with Gasteiger partial charge in [0.1, 0.15) is 0 Å². The van der Waals surface area contributed by atoms with Crippen molar-refractivity contribution in [2.24, 2.45) is 16.8 Å². The van der Waals surface area contributed by atoms with E-state index in [1.807, 2.05) is 6.92 Å². The number of carbonyl (C=O) groups excluding carboxylic acids is 1. The van der Waals surface area contributed by atoms with Gasteiger partial charge in [0.2, 0.25) is 5.91 Å². The van der Waals surface area contributed by atoms with Crippen LogP contribution in [0.1, 0.15) is 18.9 Å². The normalized spacial score (nSPS) is 23.3. The molecular weight excluding hydrogens is 246 g/mol. The Kier molecular flexibility index (Phi) is 4.01. The number of hydrogen-bond donors (Lipinski definition) is 3. The van der Waals surface area contributed by atoms with Crippen molar-refractivity contribution in [2.75, 3.05) is 11.9 Å². The third-order valence-electron chi connectivity index (χ3n) is 3.25. The number of nitrogens with zero attached hydrogens (tertiary/aromatic N) is 1. The SMILES string of the molecule is CC1OCCC1C(=O)Nc1cccc(C(N)=NO)c1. The van der Waals surface area contributed by atoms with Crippen molar-refractivity contribution < 1.29 is 14.7 Å². The van der Waals surface area contributed by atoms with Crippen LogP contribution < -0.4 is 11.1 Å². The van der Waals surface area contributed by atoms with Gasteiger partial charge in [-0.15, -0.1) is 0 Å². The Morgan fingerprint density at radius 2 is 2.37 bits per heavy atom. The number of rotatable bonds is 3. The molecule has 1 aliphatic rings. The highest BCUT2D eigenvalue weighted by molar-refractivity contribution is 5.99. The Bertz CT molecular complexity index is 502. The van der Waals surface area contributed by atoms with E-state index in [0.717, 1.165) is 6.42 Å². The summed E-state index contributed by atoms with van der Waals surface area (Å²) in [4.78, 5) is 12.1. The summed E-state index contributed by atoms with van der Waals surface area (Å²) in [6.07, 6.45) is 0.666. The van der Waals surface area contributed by atoms with Crippen LogP contribution in [0.4, 0.5) is 5.69 Å². The quantitative estimate of drug-likeness (QED) is 0.330. The third-order valence-corrected chi connectivity index (χ3v) is 3.25. The summed E-state index contributed by atoms with van der Waals surface area (Å²) >= 11 is 0. The predicted octanol–water partition coefficient (Wildman–Crippen LogP) is 1.14. The highest BCUT2D eigenvalue weighted by atomic mass is 16.5. The molecule has 6 heteroatoms. The number of carbonyl (C=O) groups is 1. The van der Waals surface area contributed by atoms with Crippen LogP contribution in [0, 0.1) is 5.92 Å². The minimum Gasteiger partial charge on any atom is -0.409 e. The molecule has 2 unspecified atom stereocenters. The summed E-state index contributed by atoms with van der Waals surface area (Å²) < 4.78 is 5.37. The van der Waals surface area contributed by atoms with Crippen molar-refractivity contribution in [3.05, 3.63) is 29.8 Å². The van der Waals surface area contributed by atoms with Crippen LogP contribution in [-0.4, -0.2) is 29.7 Å². The van der Waals surface area contributed by atoms with Gasteiger partial charge in [-0.25, -0.2) is 0 Å². The van der Waals surface area contributed by atoms with Crippen molar-refractivity contribution >= 4 is 17.4 Å². The van der Waals surface area contributed by atoms with Crippen molar-refractivity contribution in [1.82, 2.24) is 0 Å². The summed E-state index contributed by atoms with van der Waals surface area (Å²) in [6.45, 7) is 2.51. The molecule has 0 saturated carbocycles. The Morgan fingerprint density at radius 3 is 3.00 bits per heavy atom. The largest absolute Gasteiger partial charge is 0.409 e. The lowest BCUT2D eigenvalue weighted by Crippen LogP contribution is -2.27. The molecular formula is C13H17N3O3. The van der Waals surface area contributed by atoms with Crippen LogP contribution in [-0.2, 0) is 9.53 Å². The molecule has 1 heterocycles. The molecule has 0 aliphatic carbocycles.